The lowest BCUT2D eigenvalue weighted by molar-refractivity contribution is 0.0160. The Morgan fingerprint density at radius 1 is 1.14 bits per heavy atom. The first-order valence-electron chi connectivity index (χ1n) is 6.14. The van der Waals surface area contributed by atoms with Crippen LogP contribution in [0.3, 0.4) is 0 Å². The van der Waals surface area contributed by atoms with E-state index in [0.29, 0.717) is 6.10 Å². The highest BCUT2D eigenvalue weighted by Gasteiger charge is 2.28. The molecule has 2 aliphatic rings. The van der Waals surface area contributed by atoms with Crippen molar-refractivity contribution in [3.63, 3.8) is 0 Å². The van der Waals surface area contributed by atoms with E-state index in [9.17, 15) is 0 Å². The van der Waals surface area contributed by atoms with Gasteiger partial charge in [-0.2, -0.15) is 0 Å². The Kier molecular flexibility index (Phi) is 3.82. The van der Waals surface area contributed by atoms with Gasteiger partial charge in [0.15, 0.2) is 0 Å². The topological polar surface area (TPSA) is 21.3 Å². The molecule has 14 heavy (non-hydrogen) atoms. The normalized spacial score (nSPS) is 34.1. The SMILES string of the molecule is COC1CC(NCC2CCCCC2)C1. The molecule has 0 aromatic carbocycles. The monoisotopic (exact) mass is 197 g/mol. The van der Waals surface area contributed by atoms with E-state index in [0.717, 1.165) is 12.0 Å². The van der Waals surface area contributed by atoms with Gasteiger partial charge in [-0.1, -0.05) is 19.3 Å². The van der Waals surface area contributed by atoms with Gasteiger partial charge in [-0.3, -0.25) is 0 Å². The van der Waals surface area contributed by atoms with Gasteiger partial charge in [-0.15, -0.1) is 0 Å². The molecule has 0 heterocycles. The summed E-state index contributed by atoms with van der Waals surface area (Å²) in [5.74, 6) is 0.963. The van der Waals surface area contributed by atoms with Crippen molar-refractivity contribution >= 4 is 0 Å². The Labute approximate surface area is 87.4 Å². The summed E-state index contributed by atoms with van der Waals surface area (Å²) in [5, 5.41) is 3.67. The summed E-state index contributed by atoms with van der Waals surface area (Å²) in [6.07, 6.45) is 10.3. The van der Waals surface area contributed by atoms with Gasteiger partial charge >= 0.3 is 0 Å². The predicted octanol–water partition coefficient (Wildman–Crippen LogP) is 2.33. The minimum atomic E-state index is 0.541. The zero-order valence-electron chi connectivity index (χ0n) is 9.30. The fraction of sp³-hybridized carbons (Fsp3) is 1.00. The van der Waals surface area contributed by atoms with Crippen LogP contribution in [0.25, 0.3) is 0 Å². The Balaban J connectivity index is 1.54. The van der Waals surface area contributed by atoms with Gasteiger partial charge in [0.05, 0.1) is 6.10 Å². The third-order valence-electron chi connectivity index (χ3n) is 3.85. The molecular weight excluding hydrogens is 174 g/mol. The molecule has 0 spiro atoms. The Bertz CT molecular complexity index is 160. The molecule has 1 N–H and O–H groups in total. The molecule has 0 atom stereocenters. The predicted molar refractivity (Wildman–Crippen MR) is 58.4 cm³/mol. The van der Waals surface area contributed by atoms with Crippen LogP contribution in [0, 0.1) is 5.92 Å². The zero-order chi connectivity index (χ0) is 9.80. The molecule has 0 aromatic rings. The lowest BCUT2D eigenvalue weighted by Crippen LogP contribution is -2.46. The molecule has 82 valence electrons. The van der Waals surface area contributed by atoms with Crippen molar-refractivity contribution in [1.29, 1.82) is 0 Å². The second-order valence-electron chi connectivity index (χ2n) is 4.94. The first-order chi connectivity index (χ1) is 6.88. The quantitative estimate of drug-likeness (QED) is 0.747. The van der Waals surface area contributed by atoms with E-state index in [1.807, 2.05) is 7.11 Å². The zero-order valence-corrected chi connectivity index (χ0v) is 9.30. The number of hydrogen-bond donors (Lipinski definition) is 1. The van der Waals surface area contributed by atoms with Gasteiger partial charge in [0.2, 0.25) is 0 Å². The van der Waals surface area contributed by atoms with Crippen molar-refractivity contribution in [3.05, 3.63) is 0 Å². The minimum Gasteiger partial charge on any atom is -0.381 e. The lowest BCUT2D eigenvalue weighted by Gasteiger charge is -2.36. The molecule has 0 unspecified atom stereocenters. The van der Waals surface area contributed by atoms with Crippen molar-refractivity contribution in [1.82, 2.24) is 5.32 Å². The van der Waals surface area contributed by atoms with Crippen LogP contribution >= 0.6 is 0 Å². The van der Waals surface area contributed by atoms with Crippen LogP contribution in [0.5, 0.6) is 0 Å². The molecule has 0 amide bonds. The maximum absolute atomic E-state index is 5.27. The summed E-state index contributed by atoms with van der Waals surface area (Å²) < 4.78 is 5.27. The number of ether oxygens (including phenoxy) is 1. The molecule has 0 radical (unpaired) electrons. The average molecular weight is 197 g/mol. The van der Waals surface area contributed by atoms with Crippen LogP contribution in [0.15, 0.2) is 0 Å². The van der Waals surface area contributed by atoms with Crippen molar-refractivity contribution < 1.29 is 4.74 Å². The summed E-state index contributed by atoms with van der Waals surface area (Å²) in [4.78, 5) is 0. The van der Waals surface area contributed by atoms with E-state index in [1.165, 1.54) is 51.5 Å². The van der Waals surface area contributed by atoms with E-state index in [1.54, 1.807) is 0 Å². The standard InChI is InChI=1S/C12H23NO/c1-14-12-7-11(8-12)13-9-10-5-3-2-4-6-10/h10-13H,2-9H2,1H3. The first kappa shape index (κ1) is 10.4. The molecule has 2 saturated carbocycles. The van der Waals surface area contributed by atoms with Gasteiger partial charge in [0.1, 0.15) is 0 Å². The van der Waals surface area contributed by atoms with Crippen LogP contribution in [0.1, 0.15) is 44.9 Å². The van der Waals surface area contributed by atoms with E-state index in [4.69, 9.17) is 4.74 Å². The molecular formula is C12H23NO. The molecule has 0 aromatic heterocycles. The summed E-state index contributed by atoms with van der Waals surface area (Å²) in [7, 11) is 1.82. The van der Waals surface area contributed by atoms with E-state index < -0.39 is 0 Å². The highest BCUT2D eigenvalue weighted by molar-refractivity contribution is 4.86. The number of hydrogen-bond acceptors (Lipinski definition) is 2. The maximum Gasteiger partial charge on any atom is 0.0601 e. The first-order valence-corrected chi connectivity index (χ1v) is 6.14. The second-order valence-corrected chi connectivity index (χ2v) is 4.94. The van der Waals surface area contributed by atoms with Crippen LogP contribution in [0.2, 0.25) is 0 Å². The van der Waals surface area contributed by atoms with Gasteiger partial charge in [-0.25, -0.2) is 0 Å². The number of methoxy groups -OCH3 is 1. The lowest BCUT2D eigenvalue weighted by atomic mass is 9.86. The molecule has 2 nitrogen and oxygen atoms in total. The summed E-state index contributed by atoms with van der Waals surface area (Å²) >= 11 is 0. The van der Waals surface area contributed by atoms with E-state index in [-0.39, 0.29) is 0 Å². The Hall–Kier alpha value is -0.0800. The summed E-state index contributed by atoms with van der Waals surface area (Å²) in [6.45, 7) is 1.25. The van der Waals surface area contributed by atoms with Crippen LogP contribution in [-0.4, -0.2) is 25.8 Å². The Morgan fingerprint density at radius 3 is 2.50 bits per heavy atom. The fourth-order valence-electron chi connectivity index (χ4n) is 2.65. The maximum atomic E-state index is 5.27. The fourth-order valence-corrected chi connectivity index (χ4v) is 2.65. The van der Waals surface area contributed by atoms with Gasteiger partial charge < -0.3 is 10.1 Å². The highest BCUT2D eigenvalue weighted by atomic mass is 16.5. The highest BCUT2D eigenvalue weighted by Crippen LogP contribution is 2.25. The van der Waals surface area contributed by atoms with Gasteiger partial charge in [0.25, 0.3) is 0 Å². The van der Waals surface area contributed by atoms with Crippen molar-refractivity contribution in [2.75, 3.05) is 13.7 Å². The van der Waals surface area contributed by atoms with Crippen LogP contribution < -0.4 is 5.32 Å². The third-order valence-corrected chi connectivity index (χ3v) is 3.85. The summed E-state index contributed by atoms with van der Waals surface area (Å²) in [5.41, 5.74) is 0. The van der Waals surface area contributed by atoms with E-state index >= 15 is 0 Å². The van der Waals surface area contributed by atoms with Crippen molar-refractivity contribution in [2.45, 2.75) is 57.1 Å². The third kappa shape index (κ3) is 2.71. The molecule has 0 bridgehead atoms. The van der Waals surface area contributed by atoms with Crippen LogP contribution in [0.4, 0.5) is 0 Å². The molecule has 2 fully saturated rings. The molecule has 2 rings (SSSR count). The van der Waals surface area contributed by atoms with Crippen molar-refractivity contribution in [3.8, 4) is 0 Å². The number of rotatable bonds is 4. The smallest absolute Gasteiger partial charge is 0.0601 e. The minimum absolute atomic E-state index is 0.541. The molecule has 0 aliphatic heterocycles. The van der Waals surface area contributed by atoms with Crippen molar-refractivity contribution in [2.24, 2.45) is 5.92 Å². The van der Waals surface area contributed by atoms with E-state index in [2.05, 4.69) is 5.32 Å². The van der Waals surface area contributed by atoms with Crippen LogP contribution in [-0.2, 0) is 4.74 Å². The Morgan fingerprint density at radius 2 is 1.86 bits per heavy atom. The van der Waals surface area contributed by atoms with Gasteiger partial charge in [-0.05, 0) is 38.1 Å². The molecule has 2 aliphatic carbocycles. The largest absolute Gasteiger partial charge is 0.381 e. The average Bonchev–Trinajstić information content (AvgIpc) is 2.17. The summed E-state index contributed by atoms with van der Waals surface area (Å²) in [6, 6.07) is 0.752. The van der Waals surface area contributed by atoms with Gasteiger partial charge in [0, 0.05) is 13.2 Å². The number of nitrogens with one attached hydrogen (secondary N) is 1. The molecule has 2 heteroatoms. The second kappa shape index (κ2) is 5.13. The molecule has 0 saturated heterocycles.